The molecule has 0 saturated heterocycles. The molecule has 0 saturated carbocycles. The molecule has 2 aromatic carbocycles. The molecule has 0 radical (unpaired) electrons. The van der Waals surface area contributed by atoms with Gasteiger partial charge in [-0.1, -0.05) is 18.2 Å². The van der Waals surface area contributed by atoms with Crippen molar-refractivity contribution in [2.24, 2.45) is 0 Å². The van der Waals surface area contributed by atoms with E-state index in [0.717, 1.165) is 0 Å². The lowest BCUT2D eigenvalue weighted by Crippen LogP contribution is -2.29. The zero-order chi connectivity index (χ0) is 18.6. The molecule has 1 unspecified atom stereocenters. The number of carbonyl (C=O) groups is 1. The topological polar surface area (TPSA) is 95.5 Å². The zero-order valence-electron chi connectivity index (χ0n) is 13.8. The highest BCUT2D eigenvalue weighted by Crippen LogP contribution is 2.17. The Morgan fingerprint density at radius 3 is 2.60 bits per heavy atom. The first-order valence-corrected chi connectivity index (χ1v) is 8.99. The van der Waals surface area contributed by atoms with Gasteiger partial charge in [-0.15, -0.1) is 0 Å². The molecule has 0 bridgehead atoms. The van der Waals surface area contributed by atoms with E-state index in [1.54, 1.807) is 13.0 Å². The van der Waals surface area contributed by atoms with Gasteiger partial charge in [0.15, 0.2) is 0 Å². The molecule has 0 aliphatic heterocycles. The molecule has 1 atom stereocenters. The molecule has 2 aromatic rings. The molecular weight excluding hydrogens is 347 g/mol. The monoisotopic (exact) mass is 366 g/mol. The van der Waals surface area contributed by atoms with Crippen molar-refractivity contribution in [3.8, 4) is 0 Å². The first kappa shape index (κ1) is 19.0. The molecular formula is C17H19FN2O4S. The summed E-state index contributed by atoms with van der Waals surface area (Å²) in [6.45, 7) is 1.54. The molecule has 0 spiro atoms. The summed E-state index contributed by atoms with van der Waals surface area (Å²) in [6, 6.07) is 9.65. The van der Waals surface area contributed by atoms with Crippen LogP contribution < -0.4 is 10.0 Å². The average Bonchev–Trinajstić information content (AvgIpc) is 2.59. The van der Waals surface area contributed by atoms with E-state index in [4.69, 9.17) is 0 Å². The highest BCUT2D eigenvalue weighted by atomic mass is 32.2. The van der Waals surface area contributed by atoms with Crippen molar-refractivity contribution in [2.75, 3.05) is 13.6 Å². The second-order valence-corrected chi connectivity index (χ2v) is 7.35. The lowest BCUT2D eigenvalue weighted by atomic mass is 10.1. The van der Waals surface area contributed by atoms with Crippen LogP contribution in [0.3, 0.4) is 0 Å². The second-order valence-electron chi connectivity index (χ2n) is 5.47. The van der Waals surface area contributed by atoms with Gasteiger partial charge in [0.25, 0.3) is 5.91 Å². The first-order chi connectivity index (χ1) is 11.7. The quantitative estimate of drug-likeness (QED) is 0.722. The van der Waals surface area contributed by atoms with Gasteiger partial charge in [0.2, 0.25) is 10.0 Å². The van der Waals surface area contributed by atoms with E-state index in [9.17, 15) is 22.7 Å². The van der Waals surface area contributed by atoms with Gasteiger partial charge < -0.3 is 10.4 Å². The van der Waals surface area contributed by atoms with Crippen LogP contribution in [0.4, 0.5) is 4.39 Å². The minimum atomic E-state index is -3.67. The maximum absolute atomic E-state index is 13.2. The molecule has 0 heterocycles. The van der Waals surface area contributed by atoms with Gasteiger partial charge in [-0.3, -0.25) is 4.79 Å². The molecule has 8 heteroatoms. The first-order valence-electron chi connectivity index (χ1n) is 7.50. The van der Waals surface area contributed by atoms with Crippen molar-refractivity contribution in [3.63, 3.8) is 0 Å². The number of amides is 1. The zero-order valence-corrected chi connectivity index (χ0v) is 14.6. The summed E-state index contributed by atoms with van der Waals surface area (Å²) < 4.78 is 39.1. The van der Waals surface area contributed by atoms with Crippen LogP contribution in [0.5, 0.6) is 0 Å². The van der Waals surface area contributed by atoms with Crippen molar-refractivity contribution in [1.29, 1.82) is 0 Å². The molecule has 2 rings (SSSR count). The summed E-state index contributed by atoms with van der Waals surface area (Å²) in [7, 11) is -2.39. The maximum atomic E-state index is 13.2. The minimum Gasteiger partial charge on any atom is -0.387 e. The summed E-state index contributed by atoms with van der Waals surface area (Å²) in [5.41, 5.74) is 1.11. The third kappa shape index (κ3) is 4.62. The fourth-order valence-corrected chi connectivity index (χ4v) is 3.00. The molecule has 0 aliphatic carbocycles. The summed E-state index contributed by atoms with van der Waals surface area (Å²) >= 11 is 0. The fourth-order valence-electron chi connectivity index (χ4n) is 2.25. The van der Waals surface area contributed by atoms with E-state index >= 15 is 0 Å². The standard InChI is InChI=1S/C17H19FN2O4S/c1-11-6-7-14(25(23,24)19-2)9-15(11)17(22)20-10-16(21)12-4-3-5-13(18)8-12/h3-9,16,19,21H,10H2,1-2H3,(H,20,22). The molecule has 1 amide bonds. The third-order valence-electron chi connectivity index (χ3n) is 3.72. The van der Waals surface area contributed by atoms with Crippen molar-refractivity contribution in [3.05, 3.63) is 65.0 Å². The lowest BCUT2D eigenvalue weighted by Gasteiger charge is -2.14. The lowest BCUT2D eigenvalue weighted by molar-refractivity contribution is 0.0915. The van der Waals surface area contributed by atoms with Gasteiger partial charge in [0, 0.05) is 12.1 Å². The highest BCUT2D eigenvalue weighted by Gasteiger charge is 2.17. The van der Waals surface area contributed by atoms with Gasteiger partial charge in [0.05, 0.1) is 11.0 Å². The Kier molecular flexibility index (Phi) is 5.89. The third-order valence-corrected chi connectivity index (χ3v) is 5.13. The van der Waals surface area contributed by atoms with Crippen LogP contribution in [0.2, 0.25) is 0 Å². The van der Waals surface area contributed by atoms with Crippen molar-refractivity contribution < 1.29 is 22.7 Å². The van der Waals surface area contributed by atoms with Crippen molar-refractivity contribution in [1.82, 2.24) is 10.0 Å². The molecule has 6 nitrogen and oxygen atoms in total. The fraction of sp³-hybridized carbons (Fsp3) is 0.235. The van der Waals surface area contributed by atoms with Crippen LogP contribution in [0, 0.1) is 12.7 Å². The Morgan fingerprint density at radius 1 is 1.24 bits per heavy atom. The van der Waals surface area contributed by atoms with Gasteiger partial charge in [-0.25, -0.2) is 17.5 Å². The van der Waals surface area contributed by atoms with E-state index in [0.29, 0.717) is 11.1 Å². The Labute approximate surface area is 145 Å². The predicted molar refractivity (Wildman–Crippen MR) is 91.1 cm³/mol. The van der Waals surface area contributed by atoms with E-state index in [1.165, 1.54) is 43.4 Å². The Bertz CT molecular complexity index is 884. The summed E-state index contributed by atoms with van der Waals surface area (Å²) in [6.07, 6.45) is -1.08. The van der Waals surface area contributed by atoms with Gasteiger partial charge in [-0.05, 0) is 49.4 Å². The highest BCUT2D eigenvalue weighted by molar-refractivity contribution is 7.89. The van der Waals surface area contributed by atoms with E-state index in [1.807, 2.05) is 0 Å². The number of halogens is 1. The molecule has 0 aromatic heterocycles. The normalized spacial score (nSPS) is 12.6. The Hall–Kier alpha value is -2.29. The van der Waals surface area contributed by atoms with Crippen LogP contribution in [-0.2, 0) is 10.0 Å². The van der Waals surface area contributed by atoms with E-state index in [-0.39, 0.29) is 17.0 Å². The Balaban J connectivity index is 2.14. The summed E-state index contributed by atoms with van der Waals surface area (Å²) in [5, 5.41) is 12.6. The average molecular weight is 366 g/mol. The van der Waals surface area contributed by atoms with Gasteiger partial charge in [0.1, 0.15) is 5.82 Å². The minimum absolute atomic E-state index is 0.0311. The smallest absolute Gasteiger partial charge is 0.251 e. The number of hydrogen-bond acceptors (Lipinski definition) is 4. The number of aryl methyl sites for hydroxylation is 1. The molecule has 0 fully saturated rings. The summed E-state index contributed by atoms with van der Waals surface area (Å²) in [5.74, 6) is -1.01. The number of sulfonamides is 1. The van der Waals surface area contributed by atoms with Crippen LogP contribution in [0.1, 0.15) is 27.6 Å². The molecule has 0 aliphatic rings. The summed E-state index contributed by atoms with van der Waals surface area (Å²) in [4.78, 5) is 12.3. The second kappa shape index (κ2) is 7.73. The van der Waals surface area contributed by atoms with Gasteiger partial charge >= 0.3 is 0 Å². The number of hydrogen-bond donors (Lipinski definition) is 3. The van der Waals surface area contributed by atoms with Gasteiger partial charge in [-0.2, -0.15) is 0 Å². The molecule has 25 heavy (non-hydrogen) atoms. The van der Waals surface area contributed by atoms with Crippen LogP contribution in [0.25, 0.3) is 0 Å². The van der Waals surface area contributed by atoms with Crippen molar-refractivity contribution in [2.45, 2.75) is 17.9 Å². The van der Waals surface area contributed by atoms with E-state index in [2.05, 4.69) is 10.0 Å². The Morgan fingerprint density at radius 2 is 1.96 bits per heavy atom. The SMILES string of the molecule is CNS(=O)(=O)c1ccc(C)c(C(=O)NCC(O)c2cccc(F)c2)c1. The van der Waals surface area contributed by atoms with Crippen LogP contribution in [0.15, 0.2) is 47.4 Å². The number of rotatable bonds is 6. The van der Waals surface area contributed by atoms with Crippen molar-refractivity contribution >= 4 is 15.9 Å². The largest absolute Gasteiger partial charge is 0.387 e. The number of aliphatic hydroxyl groups excluding tert-OH is 1. The van der Waals surface area contributed by atoms with Crippen LogP contribution >= 0.6 is 0 Å². The number of aliphatic hydroxyl groups is 1. The predicted octanol–water partition coefficient (Wildman–Crippen LogP) is 1.51. The van der Waals surface area contributed by atoms with Crippen LogP contribution in [-0.4, -0.2) is 33.0 Å². The number of carbonyl (C=O) groups excluding carboxylic acids is 1. The maximum Gasteiger partial charge on any atom is 0.251 e. The molecule has 3 N–H and O–H groups in total. The molecule has 134 valence electrons. The van der Waals surface area contributed by atoms with E-state index < -0.39 is 27.9 Å². The number of nitrogens with one attached hydrogen (secondary N) is 2. The number of benzene rings is 2.